The van der Waals surface area contributed by atoms with Crippen LogP contribution in [-0.2, 0) is 27.8 Å². The van der Waals surface area contributed by atoms with E-state index in [2.05, 4.69) is 25.0 Å². The molecule has 4 heterocycles. The highest BCUT2D eigenvalue weighted by atomic mass is 32.2. The Morgan fingerprint density at radius 3 is 2.67 bits per heavy atom. The summed E-state index contributed by atoms with van der Waals surface area (Å²) >= 11 is 0. The van der Waals surface area contributed by atoms with Crippen LogP contribution < -0.4 is 10.0 Å². The number of pyridine rings is 2. The van der Waals surface area contributed by atoms with E-state index in [1.165, 1.54) is 12.3 Å². The molecular formula is C27H28F2N6O3S. The molecular weight excluding hydrogens is 526 g/mol. The number of carbonyl (C=O) groups excluding carboxylic acids is 1. The summed E-state index contributed by atoms with van der Waals surface area (Å²) in [4.78, 5) is 27.9. The van der Waals surface area contributed by atoms with Crippen molar-refractivity contribution in [3.63, 3.8) is 0 Å². The molecule has 1 fully saturated rings. The summed E-state index contributed by atoms with van der Waals surface area (Å²) in [5, 5.41) is 2.80. The molecule has 0 atom stereocenters. The second-order valence-corrected chi connectivity index (χ2v) is 11.6. The molecule has 1 saturated heterocycles. The lowest BCUT2D eigenvalue weighted by Crippen LogP contribution is -2.25. The number of alkyl halides is 2. The zero-order valence-electron chi connectivity index (χ0n) is 21.3. The topological polar surface area (TPSA) is 117 Å². The van der Waals surface area contributed by atoms with Crippen molar-refractivity contribution < 1.29 is 22.0 Å². The van der Waals surface area contributed by atoms with Gasteiger partial charge in [0.25, 0.3) is 11.8 Å². The van der Waals surface area contributed by atoms with Crippen molar-refractivity contribution in [2.75, 3.05) is 35.9 Å². The maximum Gasteiger partial charge on any atom is 0.274 e. The smallest absolute Gasteiger partial charge is 0.274 e. The summed E-state index contributed by atoms with van der Waals surface area (Å²) in [6.45, 7) is 0.984. The summed E-state index contributed by atoms with van der Waals surface area (Å²) in [7, 11) is -3.46. The molecule has 3 aromatic rings. The first kappa shape index (κ1) is 26.8. The number of aliphatic imine (C=N–C) groups is 1. The standard InChI is InChI=1S/C27H28F2N6O3S/c1-39(37,38)34-24-7-6-22(15-32-24)33-26(36)25-23-12-20(5-4-19(23)3-2-9-31-25)21-11-18(13-30-14-21)16-35-10-8-27(28,29)17-35/h4-7,11-15H,2-3,8-10,16-17H2,1H3,(H,32,34)(H,33,36). The van der Waals surface area contributed by atoms with Crippen LogP contribution >= 0.6 is 0 Å². The quantitative estimate of drug-likeness (QED) is 0.460. The number of anilines is 2. The van der Waals surface area contributed by atoms with Crippen LogP contribution in [0.5, 0.6) is 0 Å². The van der Waals surface area contributed by atoms with Crippen LogP contribution in [0.2, 0.25) is 0 Å². The molecule has 0 aliphatic carbocycles. The first-order valence-electron chi connectivity index (χ1n) is 12.5. The van der Waals surface area contributed by atoms with Crippen LogP contribution in [0.15, 0.2) is 60.0 Å². The Labute approximate surface area is 225 Å². The van der Waals surface area contributed by atoms with E-state index in [1.807, 2.05) is 24.3 Å². The fourth-order valence-corrected chi connectivity index (χ4v) is 5.28. The van der Waals surface area contributed by atoms with Gasteiger partial charge in [0.2, 0.25) is 10.0 Å². The molecule has 2 aliphatic rings. The number of amides is 1. The van der Waals surface area contributed by atoms with Gasteiger partial charge in [-0.25, -0.2) is 22.2 Å². The number of aromatic nitrogens is 2. The number of nitrogens with zero attached hydrogens (tertiary/aromatic N) is 4. The predicted molar refractivity (Wildman–Crippen MR) is 146 cm³/mol. The second kappa shape index (κ2) is 10.8. The Hall–Kier alpha value is -3.77. The number of halogens is 2. The predicted octanol–water partition coefficient (Wildman–Crippen LogP) is 3.73. The molecule has 2 aliphatic heterocycles. The molecule has 0 saturated carbocycles. The third-order valence-corrected chi connectivity index (χ3v) is 7.13. The number of likely N-dealkylation sites (tertiary alicyclic amines) is 1. The van der Waals surface area contributed by atoms with E-state index in [0.29, 0.717) is 31.0 Å². The molecule has 1 aromatic carbocycles. The minimum atomic E-state index is -3.46. The number of sulfonamides is 1. The fourth-order valence-electron chi connectivity index (χ4n) is 4.77. The van der Waals surface area contributed by atoms with Gasteiger partial charge in [-0.1, -0.05) is 12.1 Å². The number of hydrogen-bond donors (Lipinski definition) is 2. The molecule has 39 heavy (non-hydrogen) atoms. The Bertz CT molecular complexity index is 1530. The average molecular weight is 555 g/mol. The van der Waals surface area contributed by atoms with E-state index in [4.69, 9.17) is 0 Å². The van der Waals surface area contributed by atoms with E-state index >= 15 is 0 Å². The SMILES string of the molecule is CS(=O)(=O)Nc1ccc(NC(=O)C2=NCCCc3ccc(-c4cncc(CN5CCC(F)(F)C5)c4)cc32)cn1. The van der Waals surface area contributed by atoms with Crippen LogP contribution in [0.3, 0.4) is 0 Å². The molecule has 0 radical (unpaired) electrons. The van der Waals surface area contributed by atoms with Crippen LogP contribution in [0.25, 0.3) is 11.1 Å². The monoisotopic (exact) mass is 554 g/mol. The highest BCUT2D eigenvalue weighted by Gasteiger charge is 2.37. The highest BCUT2D eigenvalue weighted by molar-refractivity contribution is 7.92. The van der Waals surface area contributed by atoms with E-state index < -0.39 is 21.9 Å². The molecule has 12 heteroatoms. The molecule has 0 unspecified atom stereocenters. The molecule has 5 rings (SSSR count). The first-order valence-corrected chi connectivity index (χ1v) is 14.4. The van der Waals surface area contributed by atoms with Crippen molar-refractivity contribution in [2.24, 2.45) is 4.99 Å². The summed E-state index contributed by atoms with van der Waals surface area (Å²) in [5.74, 6) is -2.90. The number of hydrogen-bond acceptors (Lipinski definition) is 7. The maximum atomic E-state index is 13.6. The summed E-state index contributed by atoms with van der Waals surface area (Å²) < 4.78 is 52.3. The third-order valence-electron chi connectivity index (χ3n) is 6.55. The van der Waals surface area contributed by atoms with Gasteiger partial charge >= 0.3 is 0 Å². The van der Waals surface area contributed by atoms with E-state index in [-0.39, 0.29) is 18.8 Å². The van der Waals surface area contributed by atoms with Crippen LogP contribution in [-0.4, -0.2) is 66.7 Å². The lowest BCUT2D eigenvalue weighted by atomic mass is 9.94. The minimum Gasteiger partial charge on any atom is -0.319 e. The number of benzene rings is 1. The Morgan fingerprint density at radius 1 is 1.10 bits per heavy atom. The molecule has 204 valence electrons. The largest absolute Gasteiger partial charge is 0.319 e. The van der Waals surface area contributed by atoms with Gasteiger partial charge in [-0.3, -0.25) is 24.4 Å². The van der Waals surface area contributed by atoms with Crippen molar-refractivity contribution in [1.82, 2.24) is 14.9 Å². The lowest BCUT2D eigenvalue weighted by Gasteiger charge is -2.16. The van der Waals surface area contributed by atoms with Gasteiger partial charge in [-0.15, -0.1) is 0 Å². The zero-order valence-corrected chi connectivity index (χ0v) is 22.1. The van der Waals surface area contributed by atoms with Crippen LogP contribution in [0.1, 0.15) is 29.5 Å². The molecule has 2 N–H and O–H groups in total. The van der Waals surface area contributed by atoms with Crippen molar-refractivity contribution >= 4 is 33.1 Å². The van der Waals surface area contributed by atoms with Gasteiger partial charge < -0.3 is 5.32 Å². The number of aryl methyl sites for hydroxylation is 1. The number of rotatable bonds is 7. The highest BCUT2D eigenvalue weighted by Crippen LogP contribution is 2.29. The fraction of sp³-hybridized carbons (Fsp3) is 0.333. The maximum absolute atomic E-state index is 13.6. The second-order valence-electron chi connectivity index (χ2n) is 9.86. The van der Waals surface area contributed by atoms with Gasteiger partial charge in [0, 0.05) is 49.6 Å². The molecule has 9 nitrogen and oxygen atoms in total. The summed E-state index contributed by atoms with van der Waals surface area (Å²) in [5.41, 5.74) is 4.92. The normalized spacial score (nSPS) is 17.2. The lowest BCUT2D eigenvalue weighted by molar-refractivity contribution is -0.110. The Kier molecular flexibility index (Phi) is 7.41. The Balaban J connectivity index is 1.36. The van der Waals surface area contributed by atoms with E-state index in [9.17, 15) is 22.0 Å². The van der Waals surface area contributed by atoms with Crippen molar-refractivity contribution in [3.8, 4) is 11.1 Å². The van der Waals surface area contributed by atoms with Crippen LogP contribution in [0.4, 0.5) is 20.3 Å². The first-order chi connectivity index (χ1) is 18.5. The summed E-state index contributed by atoms with van der Waals surface area (Å²) in [6.07, 6.45) is 7.24. The number of nitrogens with one attached hydrogen (secondary N) is 2. The number of carbonyl (C=O) groups is 1. The van der Waals surface area contributed by atoms with Gasteiger partial charge in [-0.2, -0.15) is 0 Å². The third kappa shape index (κ3) is 6.82. The molecule has 0 bridgehead atoms. The van der Waals surface area contributed by atoms with Gasteiger partial charge in [0.15, 0.2) is 0 Å². The zero-order chi connectivity index (χ0) is 27.6. The molecule has 0 spiro atoms. The van der Waals surface area contributed by atoms with Crippen molar-refractivity contribution in [2.45, 2.75) is 31.7 Å². The number of fused-ring (bicyclic) bond motifs is 1. The minimum absolute atomic E-state index is 0.132. The van der Waals surface area contributed by atoms with E-state index in [1.54, 1.807) is 23.4 Å². The molecule has 1 amide bonds. The van der Waals surface area contributed by atoms with Crippen LogP contribution in [0, 0.1) is 0 Å². The van der Waals surface area contributed by atoms with Crippen molar-refractivity contribution in [1.29, 1.82) is 0 Å². The van der Waals surface area contributed by atoms with E-state index in [0.717, 1.165) is 46.9 Å². The average Bonchev–Trinajstić information content (AvgIpc) is 3.08. The van der Waals surface area contributed by atoms with Gasteiger partial charge in [0.05, 0.1) is 24.7 Å². The Morgan fingerprint density at radius 2 is 1.95 bits per heavy atom. The van der Waals surface area contributed by atoms with Crippen molar-refractivity contribution in [3.05, 3.63) is 71.7 Å². The summed E-state index contributed by atoms with van der Waals surface area (Å²) in [6, 6.07) is 10.8. The van der Waals surface area contributed by atoms with Gasteiger partial charge in [0.1, 0.15) is 11.5 Å². The molecule has 2 aromatic heterocycles. The van der Waals surface area contributed by atoms with Gasteiger partial charge in [-0.05, 0) is 53.8 Å².